The minimum Gasteiger partial charge on any atom is -0.454 e. The van der Waals surface area contributed by atoms with Crippen molar-refractivity contribution in [3.8, 4) is 5.75 Å². The van der Waals surface area contributed by atoms with Crippen molar-refractivity contribution in [3.05, 3.63) is 41.7 Å². The lowest BCUT2D eigenvalue weighted by molar-refractivity contribution is -0.133. The van der Waals surface area contributed by atoms with Crippen molar-refractivity contribution in [2.45, 2.75) is 97.2 Å². The fourth-order valence-electron chi connectivity index (χ4n) is 3.06. The summed E-state index contributed by atoms with van der Waals surface area (Å²) in [5, 5.41) is 12.2. The molecule has 0 bridgehead atoms. The van der Waals surface area contributed by atoms with Gasteiger partial charge in [0.2, 0.25) is 0 Å². The number of ether oxygens (including phenoxy) is 1. The zero-order chi connectivity index (χ0) is 25.8. The molecule has 0 unspecified atom stereocenters. The Bertz CT molecular complexity index is 722. The summed E-state index contributed by atoms with van der Waals surface area (Å²) in [5.41, 5.74) is 1.67. The normalized spacial score (nSPS) is 15.9. The van der Waals surface area contributed by atoms with Crippen molar-refractivity contribution in [2.24, 2.45) is 5.14 Å². The Kier molecular flexibility index (Phi) is 18.7. The van der Waals surface area contributed by atoms with Gasteiger partial charge in [0.15, 0.2) is 5.75 Å². The molecule has 0 fully saturated rings. The number of hydrogen-bond acceptors (Lipinski definition) is 5. The molecule has 0 radical (unpaired) electrons. The van der Waals surface area contributed by atoms with Crippen LogP contribution in [-0.4, -0.2) is 19.3 Å². The van der Waals surface area contributed by atoms with E-state index in [2.05, 4.69) is 29.7 Å². The number of unbranched alkanes of at least 4 members (excludes halogenated alkanes) is 1. The van der Waals surface area contributed by atoms with Crippen LogP contribution in [-0.2, 0) is 6.54 Å². The van der Waals surface area contributed by atoms with E-state index < -0.39 is 12.6 Å². The van der Waals surface area contributed by atoms with Crippen LogP contribution in [0, 0.1) is 0 Å². The molecule has 1 aliphatic carbocycles. The van der Waals surface area contributed by atoms with Crippen LogP contribution in [0.3, 0.4) is 0 Å². The molecule has 1 aromatic carbocycles. The summed E-state index contributed by atoms with van der Waals surface area (Å²) in [4.78, 5) is 0.750. The molecule has 0 aromatic heterocycles. The van der Waals surface area contributed by atoms with Crippen molar-refractivity contribution in [2.75, 3.05) is 18.4 Å². The number of alkyl halides is 3. The Morgan fingerprint density at radius 2 is 1.76 bits per heavy atom. The highest BCUT2D eigenvalue weighted by Crippen LogP contribution is 2.37. The van der Waals surface area contributed by atoms with Crippen LogP contribution >= 0.6 is 11.9 Å². The van der Waals surface area contributed by atoms with E-state index in [0.717, 1.165) is 72.5 Å². The SMILES string of the molecule is CC.CC.CCCCNc1cc(CNCCC(F)(F)F)cc(SN)c1OC1=C/CCCC/C=C\1. The second kappa shape index (κ2) is 19.6. The molecule has 8 heteroatoms. The monoisotopic (exact) mass is 503 g/mol. The molecule has 4 N–H and O–H groups in total. The van der Waals surface area contributed by atoms with Crippen LogP contribution in [0.15, 0.2) is 41.0 Å². The van der Waals surface area contributed by atoms with Crippen LogP contribution < -0.4 is 20.5 Å². The van der Waals surface area contributed by atoms with Crippen molar-refractivity contribution in [3.63, 3.8) is 0 Å². The van der Waals surface area contributed by atoms with Gasteiger partial charge in [0, 0.05) is 19.6 Å². The minimum absolute atomic E-state index is 0.122. The number of rotatable bonds is 11. The molecule has 0 saturated heterocycles. The molecular weight excluding hydrogens is 459 g/mol. The van der Waals surface area contributed by atoms with Gasteiger partial charge in [-0.3, -0.25) is 5.14 Å². The van der Waals surface area contributed by atoms with Gasteiger partial charge in [0.05, 0.1) is 17.0 Å². The van der Waals surface area contributed by atoms with Gasteiger partial charge < -0.3 is 15.4 Å². The first kappa shape index (κ1) is 32.4. The quantitative estimate of drug-likeness (QED) is 0.209. The molecule has 196 valence electrons. The third-order valence-electron chi connectivity index (χ3n) is 4.67. The summed E-state index contributed by atoms with van der Waals surface area (Å²) in [6, 6.07) is 3.80. The molecule has 0 amide bonds. The third kappa shape index (κ3) is 13.9. The molecule has 0 spiro atoms. The maximum atomic E-state index is 12.4. The summed E-state index contributed by atoms with van der Waals surface area (Å²) in [6.07, 6.45) is 7.52. The number of allylic oxidation sites excluding steroid dienone is 3. The van der Waals surface area contributed by atoms with Gasteiger partial charge in [-0.1, -0.05) is 47.1 Å². The molecule has 4 nitrogen and oxygen atoms in total. The van der Waals surface area contributed by atoms with E-state index in [1.165, 1.54) is 6.42 Å². The van der Waals surface area contributed by atoms with Crippen LogP contribution in [0.5, 0.6) is 5.75 Å². The Morgan fingerprint density at radius 1 is 1.06 bits per heavy atom. The van der Waals surface area contributed by atoms with E-state index in [1.807, 2.05) is 45.9 Å². The highest BCUT2D eigenvalue weighted by atomic mass is 32.2. The van der Waals surface area contributed by atoms with Gasteiger partial charge in [0.25, 0.3) is 0 Å². The molecule has 2 rings (SSSR count). The standard InChI is InChI=1S/C22H32F3N3OS.2C2H6/c1-2-3-12-28-19-14-17(16-27-13-11-22(23,24)25)15-20(30-26)21(19)29-18-9-7-5-4-6-8-10-18;2*1-2/h7,9-10,14-15,27-28H,2-6,8,11-13,16,26H2,1H3;2*1-2H3/b9-7-,18-10+;;. The lowest BCUT2D eigenvalue weighted by atomic mass is 10.1. The first-order valence-corrected chi connectivity index (χ1v) is 13.4. The Morgan fingerprint density at radius 3 is 2.41 bits per heavy atom. The number of anilines is 1. The van der Waals surface area contributed by atoms with Crippen LogP contribution in [0.1, 0.15) is 85.1 Å². The Hall–Kier alpha value is -1.64. The highest BCUT2D eigenvalue weighted by Gasteiger charge is 2.26. The summed E-state index contributed by atoms with van der Waals surface area (Å²) < 4.78 is 43.4. The van der Waals surface area contributed by atoms with Crippen molar-refractivity contribution >= 4 is 17.6 Å². The average molecular weight is 504 g/mol. The molecule has 0 saturated carbocycles. The maximum absolute atomic E-state index is 12.4. The minimum atomic E-state index is -4.16. The van der Waals surface area contributed by atoms with E-state index in [9.17, 15) is 13.2 Å². The van der Waals surface area contributed by atoms with Gasteiger partial charge >= 0.3 is 6.18 Å². The summed E-state index contributed by atoms with van der Waals surface area (Å²) in [6.45, 7) is 11.1. The fraction of sp³-hybridized carbons (Fsp3) is 0.615. The van der Waals surface area contributed by atoms with Crippen molar-refractivity contribution < 1.29 is 17.9 Å². The number of halogens is 3. The van der Waals surface area contributed by atoms with Gasteiger partial charge in [0.1, 0.15) is 5.76 Å². The zero-order valence-electron chi connectivity index (χ0n) is 21.5. The largest absolute Gasteiger partial charge is 0.454 e. The molecule has 1 aromatic rings. The lowest BCUT2D eigenvalue weighted by Crippen LogP contribution is -2.21. The number of hydrogen-bond donors (Lipinski definition) is 3. The number of nitrogens with two attached hydrogens (primary N) is 1. The smallest absolute Gasteiger partial charge is 0.390 e. The third-order valence-corrected chi connectivity index (χ3v) is 5.23. The summed E-state index contributed by atoms with van der Waals surface area (Å²) in [5.74, 6) is 1.45. The lowest BCUT2D eigenvalue weighted by Gasteiger charge is -2.19. The van der Waals surface area contributed by atoms with Crippen LogP contribution in [0.2, 0.25) is 0 Å². The number of benzene rings is 1. The van der Waals surface area contributed by atoms with E-state index in [4.69, 9.17) is 9.88 Å². The first-order chi connectivity index (χ1) is 16.4. The average Bonchev–Trinajstić information content (AvgIpc) is 2.81. The first-order valence-electron chi connectivity index (χ1n) is 12.5. The van der Waals surface area contributed by atoms with Gasteiger partial charge in [-0.05, 0) is 73.9 Å². The maximum Gasteiger partial charge on any atom is 0.390 e. The van der Waals surface area contributed by atoms with Crippen LogP contribution in [0.4, 0.5) is 18.9 Å². The predicted octanol–water partition coefficient (Wildman–Crippen LogP) is 8.35. The molecule has 0 aliphatic heterocycles. The topological polar surface area (TPSA) is 59.3 Å². The van der Waals surface area contributed by atoms with Crippen molar-refractivity contribution in [1.82, 2.24) is 5.32 Å². The van der Waals surface area contributed by atoms with Gasteiger partial charge in [-0.25, -0.2) is 0 Å². The second-order valence-corrected chi connectivity index (χ2v) is 7.98. The molecular formula is C26H44F3N3OS. The highest BCUT2D eigenvalue weighted by molar-refractivity contribution is 7.97. The fourth-order valence-corrected chi connectivity index (χ4v) is 3.54. The molecule has 1 aliphatic rings. The van der Waals surface area contributed by atoms with E-state index >= 15 is 0 Å². The van der Waals surface area contributed by atoms with E-state index in [1.54, 1.807) is 0 Å². The van der Waals surface area contributed by atoms with Crippen LogP contribution in [0.25, 0.3) is 0 Å². The summed E-state index contributed by atoms with van der Waals surface area (Å²) in [7, 11) is 0. The van der Waals surface area contributed by atoms with E-state index in [0.29, 0.717) is 12.3 Å². The Labute approximate surface area is 209 Å². The molecule has 0 heterocycles. The summed E-state index contributed by atoms with van der Waals surface area (Å²) >= 11 is 1.08. The van der Waals surface area contributed by atoms with Gasteiger partial charge in [-0.15, -0.1) is 0 Å². The van der Waals surface area contributed by atoms with Gasteiger partial charge in [-0.2, -0.15) is 13.2 Å². The Balaban J connectivity index is 0.00000258. The zero-order valence-corrected chi connectivity index (χ0v) is 22.3. The number of nitrogens with one attached hydrogen (secondary N) is 2. The predicted molar refractivity (Wildman–Crippen MR) is 141 cm³/mol. The molecule has 34 heavy (non-hydrogen) atoms. The van der Waals surface area contributed by atoms with E-state index in [-0.39, 0.29) is 6.54 Å². The second-order valence-electron chi connectivity index (χ2n) is 7.31. The van der Waals surface area contributed by atoms with Crippen molar-refractivity contribution in [1.29, 1.82) is 0 Å². The molecule has 0 atom stereocenters.